The largest absolute Gasteiger partial charge is 0.497 e. The number of ether oxygens (including phenoxy) is 2. The van der Waals surface area contributed by atoms with Crippen LogP contribution in [0.15, 0.2) is 48.7 Å². The molecule has 1 amide bonds. The summed E-state index contributed by atoms with van der Waals surface area (Å²) in [6, 6.07) is 12.4. The van der Waals surface area contributed by atoms with Gasteiger partial charge in [0.25, 0.3) is 0 Å². The molecule has 8 heteroatoms. The van der Waals surface area contributed by atoms with E-state index in [1.807, 2.05) is 35.0 Å². The number of rotatable bonds is 6. The Bertz CT molecular complexity index is 1090. The fourth-order valence-electron chi connectivity index (χ4n) is 2.99. The molecular formula is C21H20N2O6. The van der Waals surface area contributed by atoms with Gasteiger partial charge in [-0.3, -0.25) is 4.79 Å². The molecule has 2 N–H and O–H groups in total. The molecule has 1 heterocycles. The average Bonchev–Trinajstić information content (AvgIpc) is 3.09. The second-order valence-corrected chi connectivity index (χ2v) is 6.23. The highest BCUT2D eigenvalue weighted by molar-refractivity contribution is 6.37. The van der Waals surface area contributed by atoms with Crippen molar-refractivity contribution in [1.82, 2.24) is 4.57 Å². The smallest absolute Gasteiger partial charge is 0.397 e. The second kappa shape index (κ2) is 8.47. The number of hydrogen-bond donors (Lipinski definition) is 2. The minimum atomic E-state index is -1.22. The van der Waals surface area contributed by atoms with Crippen LogP contribution in [0.2, 0.25) is 0 Å². The Labute approximate surface area is 166 Å². The summed E-state index contributed by atoms with van der Waals surface area (Å²) >= 11 is 0. The van der Waals surface area contributed by atoms with Gasteiger partial charge >= 0.3 is 17.8 Å². The minimum absolute atomic E-state index is 0.0219. The number of hydrogen-bond acceptors (Lipinski definition) is 5. The van der Waals surface area contributed by atoms with E-state index in [0.717, 1.165) is 11.3 Å². The van der Waals surface area contributed by atoms with Gasteiger partial charge in [-0.2, -0.15) is 0 Å². The summed E-state index contributed by atoms with van der Waals surface area (Å²) in [7, 11) is 1.59. The number of anilines is 1. The number of amides is 1. The first-order chi connectivity index (χ1) is 13.9. The minimum Gasteiger partial charge on any atom is -0.497 e. The maximum absolute atomic E-state index is 12.0. The number of methoxy groups -OCH3 is 1. The Kier molecular flexibility index (Phi) is 5.82. The number of nitrogens with zero attached hydrogens (tertiary/aromatic N) is 1. The molecule has 3 rings (SSSR count). The first kappa shape index (κ1) is 19.9. The molecule has 0 unspecified atom stereocenters. The quantitative estimate of drug-likeness (QED) is 0.490. The number of carboxylic acid groups (broad SMARTS) is 1. The number of carbonyl (C=O) groups is 3. The van der Waals surface area contributed by atoms with Crippen molar-refractivity contribution in [1.29, 1.82) is 0 Å². The molecule has 0 saturated heterocycles. The molecule has 0 atom stereocenters. The van der Waals surface area contributed by atoms with Gasteiger partial charge in [0.05, 0.1) is 30.5 Å². The fraction of sp³-hybridized carbons (Fsp3) is 0.190. The van der Waals surface area contributed by atoms with Crippen LogP contribution in [-0.4, -0.2) is 41.2 Å². The standard InChI is InChI=1S/C21H20N2O6/c1-3-29-21(27)19(24)22-17-11-18-14(10-16(17)20(25)26)7-8-23(18)12-13-5-4-6-15(9-13)28-2/h4-11H,3,12H2,1-2H3,(H,22,24)(H,25,26). The predicted molar refractivity (Wildman–Crippen MR) is 106 cm³/mol. The molecule has 0 aliphatic carbocycles. The molecule has 0 spiro atoms. The zero-order chi connectivity index (χ0) is 21.0. The maximum Gasteiger partial charge on any atom is 0.397 e. The van der Waals surface area contributed by atoms with Crippen LogP contribution in [0, 0.1) is 0 Å². The van der Waals surface area contributed by atoms with Crippen LogP contribution >= 0.6 is 0 Å². The predicted octanol–water partition coefficient (Wildman–Crippen LogP) is 2.90. The number of aromatic nitrogens is 1. The van der Waals surface area contributed by atoms with Gasteiger partial charge < -0.3 is 24.5 Å². The average molecular weight is 396 g/mol. The summed E-state index contributed by atoms with van der Waals surface area (Å²) < 4.78 is 11.8. The number of benzene rings is 2. The van der Waals surface area contributed by atoms with E-state index >= 15 is 0 Å². The monoisotopic (exact) mass is 396 g/mol. The summed E-state index contributed by atoms with van der Waals surface area (Å²) in [5.41, 5.74) is 1.60. The van der Waals surface area contributed by atoms with Crippen LogP contribution in [0.3, 0.4) is 0 Å². The summed E-state index contributed by atoms with van der Waals surface area (Å²) in [4.78, 5) is 35.2. The van der Waals surface area contributed by atoms with Crippen molar-refractivity contribution in [2.45, 2.75) is 13.5 Å². The Morgan fingerprint density at radius 2 is 1.93 bits per heavy atom. The summed E-state index contributed by atoms with van der Waals surface area (Å²) in [5.74, 6) is -2.59. The second-order valence-electron chi connectivity index (χ2n) is 6.23. The summed E-state index contributed by atoms with van der Waals surface area (Å²) in [5, 5.41) is 12.5. The van der Waals surface area contributed by atoms with Crippen LogP contribution in [0.25, 0.3) is 10.9 Å². The van der Waals surface area contributed by atoms with E-state index in [-0.39, 0.29) is 17.9 Å². The van der Waals surface area contributed by atoms with Gasteiger partial charge in [-0.05, 0) is 42.8 Å². The zero-order valence-corrected chi connectivity index (χ0v) is 16.0. The third kappa shape index (κ3) is 4.37. The molecule has 3 aromatic rings. The van der Waals surface area contributed by atoms with E-state index < -0.39 is 17.8 Å². The molecule has 0 fully saturated rings. The van der Waals surface area contributed by atoms with Crippen molar-refractivity contribution in [3.63, 3.8) is 0 Å². The lowest BCUT2D eigenvalue weighted by atomic mass is 10.1. The van der Waals surface area contributed by atoms with Crippen LogP contribution in [0.4, 0.5) is 5.69 Å². The SMILES string of the molecule is CCOC(=O)C(=O)Nc1cc2c(ccn2Cc2cccc(OC)c2)cc1C(=O)O. The molecule has 1 aromatic heterocycles. The van der Waals surface area contributed by atoms with Gasteiger partial charge in [-0.25, -0.2) is 9.59 Å². The third-order valence-electron chi connectivity index (χ3n) is 4.34. The van der Waals surface area contributed by atoms with E-state index in [4.69, 9.17) is 4.74 Å². The number of esters is 1. The van der Waals surface area contributed by atoms with Gasteiger partial charge in [0.15, 0.2) is 0 Å². The lowest BCUT2D eigenvalue weighted by Crippen LogP contribution is -2.26. The molecule has 0 aliphatic heterocycles. The van der Waals surface area contributed by atoms with Gasteiger partial charge in [-0.1, -0.05) is 12.1 Å². The first-order valence-corrected chi connectivity index (χ1v) is 8.90. The molecule has 0 radical (unpaired) electrons. The van der Waals surface area contributed by atoms with Gasteiger partial charge in [-0.15, -0.1) is 0 Å². The highest BCUT2D eigenvalue weighted by Crippen LogP contribution is 2.26. The highest BCUT2D eigenvalue weighted by atomic mass is 16.5. The van der Waals surface area contributed by atoms with Crippen LogP contribution < -0.4 is 10.1 Å². The molecular weight excluding hydrogens is 376 g/mol. The van der Waals surface area contributed by atoms with Gasteiger partial charge in [0.1, 0.15) is 5.75 Å². The van der Waals surface area contributed by atoms with Crippen molar-refractivity contribution in [3.05, 3.63) is 59.8 Å². The van der Waals surface area contributed by atoms with Crippen LogP contribution in [0.1, 0.15) is 22.8 Å². The van der Waals surface area contributed by atoms with E-state index in [1.165, 1.54) is 12.1 Å². The molecule has 0 saturated carbocycles. The summed E-state index contributed by atoms with van der Waals surface area (Å²) in [6.45, 7) is 2.13. The Morgan fingerprint density at radius 3 is 2.62 bits per heavy atom. The highest BCUT2D eigenvalue weighted by Gasteiger charge is 2.20. The molecule has 29 heavy (non-hydrogen) atoms. The zero-order valence-electron chi connectivity index (χ0n) is 16.0. The number of carboxylic acids is 1. The third-order valence-corrected chi connectivity index (χ3v) is 4.34. The lowest BCUT2D eigenvalue weighted by molar-refractivity contribution is -0.152. The van der Waals surface area contributed by atoms with E-state index in [9.17, 15) is 19.5 Å². The number of nitrogens with one attached hydrogen (secondary N) is 1. The fourth-order valence-corrected chi connectivity index (χ4v) is 2.99. The van der Waals surface area contributed by atoms with Crippen molar-refractivity contribution >= 4 is 34.4 Å². The molecule has 2 aromatic carbocycles. The number of aromatic carboxylic acids is 1. The van der Waals surface area contributed by atoms with Crippen molar-refractivity contribution < 1.29 is 29.0 Å². The number of fused-ring (bicyclic) bond motifs is 1. The van der Waals surface area contributed by atoms with E-state index in [0.29, 0.717) is 17.4 Å². The Morgan fingerprint density at radius 1 is 1.14 bits per heavy atom. The van der Waals surface area contributed by atoms with Crippen LogP contribution in [0.5, 0.6) is 5.75 Å². The van der Waals surface area contributed by atoms with Gasteiger partial charge in [0, 0.05) is 18.1 Å². The Balaban J connectivity index is 1.98. The first-order valence-electron chi connectivity index (χ1n) is 8.90. The molecule has 0 aliphatic rings. The molecule has 8 nitrogen and oxygen atoms in total. The maximum atomic E-state index is 12.0. The lowest BCUT2D eigenvalue weighted by Gasteiger charge is -2.11. The molecule has 150 valence electrons. The van der Waals surface area contributed by atoms with Crippen molar-refractivity contribution in [3.8, 4) is 5.75 Å². The normalized spacial score (nSPS) is 10.6. The number of carbonyl (C=O) groups excluding carboxylic acids is 2. The Hall–Kier alpha value is -3.81. The summed E-state index contributed by atoms with van der Waals surface area (Å²) in [6.07, 6.45) is 1.83. The topological polar surface area (TPSA) is 107 Å². The van der Waals surface area contributed by atoms with Crippen LogP contribution in [-0.2, 0) is 20.9 Å². The molecule has 0 bridgehead atoms. The van der Waals surface area contributed by atoms with Gasteiger partial charge in [0.2, 0.25) is 0 Å². The van der Waals surface area contributed by atoms with Crippen molar-refractivity contribution in [2.75, 3.05) is 19.0 Å². The van der Waals surface area contributed by atoms with Crippen molar-refractivity contribution in [2.24, 2.45) is 0 Å². The van der Waals surface area contributed by atoms with E-state index in [2.05, 4.69) is 10.1 Å². The van der Waals surface area contributed by atoms with E-state index in [1.54, 1.807) is 20.1 Å².